The molecule has 0 aliphatic carbocycles. The van der Waals surface area contributed by atoms with Crippen LogP contribution in [0.15, 0.2) is 24.3 Å². The molecule has 116 valence electrons. The van der Waals surface area contributed by atoms with E-state index in [4.69, 9.17) is 21.4 Å². The highest BCUT2D eigenvalue weighted by Gasteiger charge is 2.29. The maximum absolute atomic E-state index is 12.2. The number of hydrogen-bond donors (Lipinski definition) is 1. The van der Waals surface area contributed by atoms with Gasteiger partial charge in [0, 0.05) is 11.6 Å². The third-order valence-corrected chi connectivity index (χ3v) is 2.97. The molecule has 1 rings (SSSR count). The molecule has 21 heavy (non-hydrogen) atoms. The van der Waals surface area contributed by atoms with Gasteiger partial charge in [0.2, 0.25) is 0 Å². The summed E-state index contributed by atoms with van der Waals surface area (Å²) < 4.78 is 5.26. The van der Waals surface area contributed by atoms with Gasteiger partial charge >= 0.3 is 12.1 Å². The zero-order chi connectivity index (χ0) is 16.2. The molecule has 1 N–H and O–H groups in total. The van der Waals surface area contributed by atoms with E-state index in [-0.39, 0.29) is 6.54 Å². The molecular weight excluding hydrogens is 294 g/mol. The Morgan fingerprint density at radius 1 is 1.29 bits per heavy atom. The molecule has 1 unspecified atom stereocenters. The summed E-state index contributed by atoms with van der Waals surface area (Å²) in [5.41, 5.74) is 0.0893. The number of benzene rings is 1. The highest BCUT2D eigenvalue weighted by atomic mass is 35.5. The quantitative estimate of drug-likeness (QED) is 0.923. The van der Waals surface area contributed by atoms with Crippen molar-refractivity contribution < 1.29 is 19.4 Å². The lowest BCUT2D eigenvalue weighted by Gasteiger charge is -2.30. The Hall–Kier alpha value is -1.75. The minimum Gasteiger partial charge on any atom is -0.480 e. The predicted octanol–water partition coefficient (Wildman–Crippen LogP) is 3.55. The van der Waals surface area contributed by atoms with Crippen LogP contribution in [0.25, 0.3) is 0 Å². The molecule has 0 aromatic heterocycles. The molecule has 0 saturated carbocycles. The van der Waals surface area contributed by atoms with E-state index in [9.17, 15) is 9.59 Å². The van der Waals surface area contributed by atoms with Crippen molar-refractivity contribution in [1.82, 2.24) is 4.90 Å². The maximum Gasteiger partial charge on any atom is 0.411 e. The summed E-state index contributed by atoms with van der Waals surface area (Å²) in [5, 5.41) is 9.73. The van der Waals surface area contributed by atoms with Crippen LogP contribution in [0.3, 0.4) is 0 Å². The number of ether oxygens (including phenoxy) is 1. The summed E-state index contributed by atoms with van der Waals surface area (Å²) in [6.45, 7) is 6.78. The number of hydrogen-bond acceptors (Lipinski definition) is 3. The largest absolute Gasteiger partial charge is 0.480 e. The van der Waals surface area contributed by atoms with E-state index in [0.29, 0.717) is 5.02 Å². The maximum atomic E-state index is 12.2. The summed E-state index contributed by atoms with van der Waals surface area (Å²) in [6.07, 6.45) is -0.660. The summed E-state index contributed by atoms with van der Waals surface area (Å²) in [4.78, 5) is 24.6. The Kier molecular flexibility index (Phi) is 5.61. The first-order valence-electron chi connectivity index (χ1n) is 6.57. The van der Waals surface area contributed by atoms with Gasteiger partial charge in [-0.25, -0.2) is 9.59 Å². The summed E-state index contributed by atoms with van der Waals surface area (Å²) in [6, 6.07) is 5.88. The number of carbonyl (C=O) groups excluding carboxylic acids is 1. The summed E-state index contributed by atoms with van der Waals surface area (Å²) in [5.74, 6) is -1.09. The molecule has 0 spiro atoms. The number of halogens is 1. The fourth-order valence-corrected chi connectivity index (χ4v) is 1.73. The van der Waals surface area contributed by atoms with Crippen LogP contribution in [-0.4, -0.2) is 33.7 Å². The van der Waals surface area contributed by atoms with Crippen LogP contribution >= 0.6 is 11.6 Å². The normalized spacial score (nSPS) is 12.6. The number of nitrogens with zero attached hydrogens (tertiary/aromatic N) is 1. The fourth-order valence-electron chi connectivity index (χ4n) is 1.60. The van der Waals surface area contributed by atoms with Gasteiger partial charge < -0.3 is 9.84 Å². The molecule has 0 radical (unpaired) electrons. The van der Waals surface area contributed by atoms with Gasteiger partial charge in [-0.3, -0.25) is 4.90 Å². The highest BCUT2D eigenvalue weighted by molar-refractivity contribution is 6.30. The van der Waals surface area contributed by atoms with E-state index in [1.165, 1.54) is 11.8 Å². The molecule has 5 nitrogen and oxygen atoms in total. The third kappa shape index (κ3) is 5.63. The molecule has 0 aliphatic rings. The van der Waals surface area contributed by atoms with Gasteiger partial charge in [0.05, 0.1) is 0 Å². The lowest BCUT2D eigenvalue weighted by molar-refractivity contribution is -0.142. The molecule has 0 aliphatic heterocycles. The molecule has 0 saturated heterocycles. The second kappa shape index (κ2) is 6.80. The first-order valence-corrected chi connectivity index (χ1v) is 6.95. The van der Waals surface area contributed by atoms with E-state index in [1.54, 1.807) is 45.0 Å². The highest BCUT2D eigenvalue weighted by Crippen LogP contribution is 2.17. The van der Waals surface area contributed by atoms with E-state index < -0.39 is 23.7 Å². The van der Waals surface area contributed by atoms with Crippen molar-refractivity contribution in [2.24, 2.45) is 0 Å². The van der Waals surface area contributed by atoms with E-state index in [0.717, 1.165) is 5.56 Å². The third-order valence-electron chi connectivity index (χ3n) is 2.72. The number of carboxylic acids is 1. The van der Waals surface area contributed by atoms with Crippen LogP contribution in [0, 0.1) is 0 Å². The van der Waals surface area contributed by atoms with Gasteiger partial charge in [-0.15, -0.1) is 0 Å². The Morgan fingerprint density at radius 3 is 2.24 bits per heavy atom. The zero-order valence-corrected chi connectivity index (χ0v) is 13.3. The first-order chi connectivity index (χ1) is 9.60. The van der Waals surface area contributed by atoms with E-state index in [1.807, 2.05) is 0 Å². The smallest absolute Gasteiger partial charge is 0.411 e. The molecule has 1 atom stereocenters. The Balaban J connectivity index is 2.94. The molecule has 0 bridgehead atoms. The predicted molar refractivity (Wildman–Crippen MR) is 80.3 cm³/mol. The molecular formula is C15H20ClNO4. The zero-order valence-electron chi connectivity index (χ0n) is 12.6. The van der Waals surface area contributed by atoms with Crippen LogP contribution in [0.2, 0.25) is 5.02 Å². The van der Waals surface area contributed by atoms with Crippen LogP contribution < -0.4 is 0 Å². The van der Waals surface area contributed by atoms with Gasteiger partial charge in [-0.2, -0.15) is 0 Å². The minimum atomic E-state index is -1.09. The number of rotatable bonds is 4. The summed E-state index contributed by atoms with van der Waals surface area (Å²) >= 11 is 5.81. The monoisotopic (exact) mass is 313 g/mol. The summed E-state index contributed by atoms with van der Waals surface area (Å²) in [7, 11) is 0. The second-order valence-electron chi connectivity index (χ2n) is 5.75. The van der Waals surface area contributed by atoms with Crippen molar-refractivity contribution >= 4 is 23.7 Å². The standard InChI is InChI=1S/C15H20ClNO4/c1-10(13(18)19)17(14(20)21-15(2,3)4)9-11-5-7-12(16)8-6-11/h5-8,10H,9H2,1-4H3,(H,18,19). The minimum absolute atomic E-state index is 0.138. The fraction of sp³-hybridized carbons (Fsp3) is 0.467. The molecule has 6 heteroatoms. The van der Waals surface area contributed by atoms with Crippen LogP contribution in [0.5, 0.6) is 0 Å². The molecule has 0 fully saturated rings. The van der Waals surface area contributed by atoms with Crippen molar-refractivity contribution in [2.45, 2.75) is 45.9 Å². The number of carbonyl (C=O) groups is 2. The van der Waals surface area contributed by atoms with Gasteiger partial charge in [0.1, 0.15) is 11.6 Å². The average molecular weight is 314 g/mol. The Labute approximate surface area is 129 Å². The van der Waals surface area contributed by atoms with E-state index in [2.05, 4.69) is 0 Å². The second-order valence-corrected chi connectivity index (χ2v) is 6.19. The van der Waals surface area contributed by atoms with Crippen molar-refractivity contribution in [3.05, 3.63) is 34.9 Å². The lowest BCUT2D eigenvalue weighted by atomic mass is 10.2. The number of carboxylic acid groups (broad SMARTS) is 1. The number of amides is 1. The van der Waals surface area contributed by atoms with Crippen molar-refractivity contribution in [1.29, 1.82) is 0 Å². The molecule has 1 aromatic carbocycles. The number of aliphatic carboxylic acids is 1. The molecule has 1 aromatic rings. The van der Waals surface area contributed by atoms with Gasteiger partial charge in [-0.1, -0.05) is 23.7 Å². The molecule has 1 amide bonds. The first kappa shape index (κ1) is 17.3. The SMILES string of the molecule is CC(C(=O)O)N(Cc1ccc(Cl)cc1)C(=O)OC(C)(C)C. The van der Waals surface area contributed by atoms with Gasteiger partial charge in [0.15, 0.2) is 0 Å². The van der Waals surface area contributed by atoms with Crippen molar-refractivity contribution in [3.8, 4) is 0 Å². The van der Waals surface area contributed by atoms with Crippen molar-refractivity contribution in [3.63, 3.8) is 0 Å². The van der Waals surface area contributed by atoms with Crippen LogP contribution in [0.4, 0.5) is 4.79 Å². The Bertz CT molecular complexity index is 507. The van der Waals surface area contributed by atoms with Crippen molar-refractivity contribution in [2.75, 3.05) is 0 Å². The van der Waals surface area contributed by atoms with E-state index >= 15 is 0 Å². The van der Waals surface area contributed by atoms with Crippen LogP contribution in [-0.2, 0) is 16.1 Å². The molecule has 0 heterocycles. The lowest BCUT2D eigenvalue weighted by Crippen LogP contribution is -2.45. The van der Waals surface area contributed by atoms with Gasteiger partial charge in [0.25, 0.3) is 0 Å². The van der Waals surface area contributed by atoms with Crippen LogP contribution in [0.1, 0.15) is 33.3 Å². The Morgan fingerprint density at radius 2 is 1.81 bits per heavy atom. The average Bonchev–Trinajstić information content (AvgIpc) is 2.35. The topological polar surface area (TPSA) is 66.8 Å². The van der Waals surface area contributed by atoms with Gasteiger partial charge in [-0.05, 0) is 45.4 Å².